The van der Waals surface area contributed by atoms with Crippen molar-refractivity contribution in [2.75, 3.05) is 44.7 Å². The molecule has 0 saturated heterocycles. The molecule has 170 valence electrons. The highest BCUT2D eigenvalue weighted by atomic mass is 19.1. The van der Waals surface area contributed by atoms with E-state index in [4.69, 9.17) is 4.74 Å². The first-order valence-corrected chi connectivity index (χ1v) is 10.0. The molecule has 0 radical (unpaired) electrons. The highest BCUT2D eigenvalue weighted by molar-refractivity contribution is 5.94. The summed E-state index contributed by atoms with van der Waals surface area (Å²) in [6.07, 6.45) is 0.596. The summed E-state index contributed by atoms with van der Waals surface area (Å²) in [4.78, 5) is 37.0. The molecule has 1 heterocycles. The summed E-state index contributed by atoms with van der Waals surface area (Å²) < 4.78 is 21.8. The molecule has 0 aliphatic heterocycles. The van der Waals surface area contributed by atoms with Crippen molar-refractivity contribution in [3.8, 4) is 5.75 Å². The smallest absolute Gasteiger partial charge is 0.332 e. The van der Waals surface area contributed by atoms with Crippen molar-refractivity contribution in [2.45, 2.75) is 13.3 Å². The summed E-state index contributed by atoms with van der Waals surface area (Å²) in [5, 5.41) is 12.3. The van der Waals surface area contributed by atoms with E-state index in [1.165, 1.54) is 36.7 Å². The average Bonchev–Trinajstić information content (AvgIpc) is 2.73. The van der Waals surface area contributed by atoms with E-state index in [2.05, 4.69) is 5.32 Å². The summed E-state index contributed by atoms with van der Waals surface area (Å²) in [5.74, 6) is -0.282. The van der Waals surface area contributed by atoms with E-state index in [1.54, 1.807) is 7.05 Å². The third-order valence-electron chi connectivity index (χ3n) is 4.89. The fourth-order valence-corrected chi connectivity index (χ4v) is 3.03. The van der Waals surface area contributed by atoms with Gasteiger partial charge in [-0.05, 0) is 31.5 Å². The maximum atomic E-state index is 14.0. The van der Waals surface area contributed by atoms with Crippen LogP contribution in [0.2, 0.25) is 0 Å². The minimum atomic E-state index is -0.580. The third-order valence-corrected chi connectivity index (χ3v) is 4.89. The molecule has 0 amide bonds. The molecule has 0 saturated carbocycles. The van der Waals surface area contributed by atoms with Crippen LogP contribution >= 0.6 is 0 Å². The number of carbonyl (C=O) groups is 1. The Bertz CT molecular complexity index is 1020. The van der Waals surface area contributed by atoms with Gasteiger partial charge in [-0.3, -0.25) is 23.6 Å². The molecule has 2 aromatic rings. The van der Waals surface area contributed by atoms with Crippen molar-refractivity contribution in [1.82, 2.24) is 14.0 Å². The van der Waals surface area contributed by atoms with Crippen LogP contribution in [-0.4, -0.2) is 64.3 Å². The van der Waals surface area contributed by atoms with Crippen molar-refractivity contribution in [3.63, 3.8) is 0 Å². The normalized spacial score (nSPS) is 11.0. The van der Waals surface area contributed by atoms with E-state index in [0.29, 0.717) is 44.0 Å². The second kappa shape index (κ2) is 11.4. The molecule has 10 heteroatoms. The lowest BCUT2D eigenvalue weighted by atomic mass is 10.1. The molecule has 0 aliphatic carbocycles. The third kappa shape index (κ3) is 6.76. The van der Waals surface area contributed by atoms with E-state index in [9.17, 15) is 23.9 Å². The largest absolute Gasteiger partial charge is 0.490 e. The van der Waals surface area contributed by atoms with E-state index >= 15 is 0 Å². The van der Waals surface area contributed by atoms with Crippen molar-refractivity contribution < 1.29 is 19.0 Å². The van der Waals surface area contributed by atoms with Gasteiger partial charge in [-0.25, -0.2) is 9.18 Å². The number of nitrogens with zero attached hydrogens (tertiary/aromatic N) is 3. The zero-order valence-electron chi connectivity index (χ0n) is 18.1. The number of rotatable bonds is 12. The molecule has 0 atom stereocenters. The van der Waals surface area contributed by atoms with Crippen LogP contribution in [0.25, 0.3) is 0 Å². The molecule has 0 spiro atoms. The number of benzene rings is 1. The molecular formula is C21H29FN4O5. The van der Waals surface area contributed by atoms with Gasteiger partial charge in [-0.2, -0.15) is 0 Å². The number of hydrogen-bond acceptors (Lipinski definition) is 7. The topological polar surface area (TPSA) is 106 Å². The molecule has 31 heavy (non-hydrogen) atoms. The first kappa shape index (κ1) is 24.3. The van der Waals surface area contributed by atoms with Crippen LogP contribution in [0, 0.1) is 5.82 Å². The van der Waals surface area contributed by atoms with Crippen molar-refractivity contribution in [2.24, 2.45) is 14.1 Å². The summed E-state index contributed by atoms with van der Waals surface area (Å²) in [6, 6.07) is 5.48. The van der Waals surface area contributed by atoms with Gasteiger partial charge >= 0.3 is 5.69 Å². The Hall–Kier alpha value is -2.98. The number of ketones is 1. The van der Waals surface area contributed by atoms with Crippen molar-refractivity contribution in [1.29, 1.82) is 0 Å². The molecular weight excluding hydrogens is 407 g/mol. The predicted molar refractivity (Wildman–Crippen MR) is 115 cm³/mol. The Kier molecular flexibility index (Phi) is 8.95. The van der Waals surface area contributed by atoms with E-state index in [-0.39, 0.29) is 24.7 Å². The van der Waals surface area contributed by atoms with Crippen LogP contribution in [0.15, 0.2) is 33.9 Å². The molecule has 0 fully saturated rings. The average molecular weight is 436 g/mol. The second-order valence-corrected chi connectivity index (χ2v) is 7.16. The van der Waals surface area contributed by atoms with Crippen LogP contribution in [-0.2, 0) is 14.1 Å². The SMILES string of the molecule is CC(=O)c1ccc(OCCCN(CCO)CCNc2cc(=O)n(C)c(=O)n2C)c(F)c1. The zero-order valence-corrected chi connectivity index (χ0v) is 18.1. The number of aliphatic hydroxyl groups is 1. The van der Waals surface area contributed by atoms with Gasteiger partial charge in [0.2, 0.25) is 0 Å². The molecule has 0 aliphatic rings. The molecule has 0 unspecified atom stereocenters. The molecule has 2 N–H and O–H groups in total. The molecule has 2 rings (SSSR count). The predicted octanol–water partition coefficient (Wildman–Crippen LogP) is 0.601. The van der Waals surface area contributed by atoms with Crippen molar-refractivity contribution >= 4 is 11.6 Å². The van der Waals surface area contributed by atoms with Gasteiger partial charge in [0.25, 0.3) is 5.56 Å². The number of Topliss-reactive ketones (excluding diaryl/α,β-unsaturated/α-hetero) is 1. The lowest BCUT2D eigenvalue weighted by molar-refractivity contribution is 0.101. The van der Waals surface area contributed by atoms with Gasteiger partial charge < -0.3 is 15.2 Å². The van der Waals surface area contributed by atoms with Crippen LogP contribution in [0.1, 0.15) is 23.7 Å². The number of aliphatic hydroxyl groups excluding tert-OH is 1. The Morgan fingerprint density at radius 2 is 1.90 bits per heavy atom. The fraction of sp³-hybridized carbons (Fsp3) is 0.476. The molecule has 1 aromatic carbocycles. The van der Waals surface area contributed by atoms with Gasteiger partial charge in [0.1, 0.15) is 5.82 Å². The minimum Gasteiger partial charge on any atom is -0.490 e. The van der Waals surface area contributed by atoms with Crippen LogP contribution < -0.4 is 21.3 Å². The minimum absolute atomic E-state index is 0.0215. The standard InChI is InChI=1S/C21H29FN4O5/c1-15(28)16-5-6-18(17(22)13-16)31-12-4-8-26(10-11-27)9-7-23-19-14-20(29)25(3)21(30)24(19)2/h5-6,13-14,23,27H,4,7-12H2,1-3H3. The van der Waals surface area contributed by atoms with Gasteiger partial charge in [0, 0.05) is 51.9 Å². The zero-order chi connectivity index (χ0) is 23.0. The van der Waals surface area contributed by atoms with Gasteiger partial charge in [-0.15, -0.1) is 0 Å². The summed E-state index contributed by atoms with van der Waals surface area (Å²) >= 11 is 0. The Morgan fingerprint density at radius 3 is 2.55 bits per heavy atom. The second-order valence-electron chi connectivity index (χ2n) is 7.16. The van der Waals surface area contributed by atoms with Gasteiger partial charge in [-0.1, -0.05) is 0 Å². The van der Waals surface area contributed by atoms with E-state index in [0.717, 1.165) is 10.6 Å². The quantitative estimate of drug-likeness (QED) is 0.371. The van der Waals surface area contributed by atoms with E-state index < -0.39 is 17.1 Å². The van der Waals surface area contributed by atoms with Gasteiger partial charge in [0.15, 0.2) is 17.3 Å². The maximum Gasteiger partial charge on any atom is 0.332 e. The lowest BCUT2D eigenvalue weighted by Crippen LogP contribution is -2.38. The van der Waals surface area contributed by atoms with Crippen LogP contribution in [0.5, 0.6) is 5.75 Å². The Balaban J connectivity index is 1.82. The number of halogens is 1. The Labute approximate surface area is 179 Å². The van der Waals surface area contributed by atoms with E-state index in [1.807, 2.05) is 4.90 Å². The number of nitrogens with one attached hydrogen (secondary N) is 1. The maximum absolute atomic E-state index is 14.0. The molecule has 1 aromatic heterocycles. The Morgan fingerprint density at radius 1 is 1.16 bits per heavy atom. The first-order chi connectivity index (χ1) is 14.7. The lowest BCUT2D eigenvalue weighted by Gasteiger charge is -2.22. The van der Waals surface area contributed by atoms with Crippen LogP contribution in [0.4, 0.5) is 10.2 Å². The fourth-order valence-electron chi connectivity index (χ4n) is 3.03. The number of carbonyl (C=O) groups excluding carboxylic acids is 1. The highest BCUT2D eigenvalue weighted by Crippen LogP contribution is 2.18. The highest BCUT2D eigenvalue weighted by Gasteiger charge is 2.10. The summed E-state index contributed by atoms with van der Waals surface area (Å²) in [7, 11) is 3.00. The molecule has 9 nitrogen and oxygen atoms in total. The monoisotopic (exact) mass is 436 g/mol. The van der Waals surface area contributed by atoms with Crippen LogP contribution in [0.3, 0.4) is 0 Å². The molecule has 0 bridgehead atoms. The summed E-state index contributed by atoms with van der Waals surface area (Å²) in [5.41, 5.74) is -0.512. The van der Waals surface area contributed by atoms with Crippen molar-refractivity contribution in [3.05, 3.63) is 56.5 Å². The number of anilines is 1. The van der Waals surface area contributed by atoms with Gasteiger partial charge in [0.05, 0.1) is 13.2 Å². The number of aromatic nitrogens is 2. The summed E-state index contributed by atoms with van der Waals surface area (Å²) in [6.45, 7) is 3.69. The number of hydrogen-bond donors (Lipinski definition) is 2. The first-order valence-electron chi connectivity index (χ1n) is 10.0. The number of ether oxygens (including phenoxy) is 1.